The lowest BCUT2D eigenvalue weighted by Crippen LogP contribution is -2.48. The van der Waals surface area contributed by atoms with Crippen LogP contribution in [0.2, 0.25) is 0 Å². The predicted molar refractivity (Wildman–Crippen MR) is 73.0 cm³/mol. The number of carbonyl (C=O) groups is 2. The van der Waals surface area contributed by atoms with Gasteiger partial charge in [0.15, 0.2) is 0 Å². The fraction of sp³-hybridized carbons (Fsp3) is 0.467. The summed E-state index contributed by atoms with van der Waals surface area (Å²) in [4.78, 5) is 26.3. The molecule has 1 fully saturated rings. The van der Waals surface area contributed by atoms with Gasteiger partial charge in [-0.2, -0.15) is 0 Å². The highest BCUT2D eigenvalue weighted by molar-refractivity contribution is 6.22. The fourth-order valence-electron chi connectivity index (χ4n) is 3.25. The Morgan fingerprint density at radius 2 is 2.00 bits per heavy atom. The molecule has 0 bridgehead atoms. The van der Waals surface area contributed by atoms with Crippen LogP contribution in [0.4, 0.5) is 5.69 Å². The summed E-state index contributed by atoms with van der Waals surface area (Å²) in [5.41, 5.74) is 1.34. The molecule has 1 saturated heterocycles. The van der Waals surface area contributed by atoms with Crippen molar-refractivity contribution < 1.29 is 9.59 Å². The summed E-state index contributed by atoms with van der Waals surface area (Å²) < 4.78 is 0. The molecule has 0 saturated carbocycles. The average molecular weight is 258 g/mol. The number of piperidine rings is 1. The number of hydrogen-bond acceptors (Lipinski definition) is 3. The van der Waals surface area contributed by atoms with Gasteiger partial charge in [0, 0.05) is 6.42 Å². The molecule has 3 rings (SSSR count). The van der Waals surface area contributed by atoms with E-state index in [0.717, 1.165) is 37.2 Å². The van der Waals surface area contributed by atoms with Crippen LogP contribution in [-0.2, 0) is 15.0 Å². The SMILES string of the molecule is CCC(=O)N1C(=O)C2(CCNCC2)c2ccccc21. The molecule has 1 spiro atoms. The molecule has 1 aromatic carbocycles. The second kappa shape index (κ2) is 4.46. The second-order valence-electron chi connectivity index (χ2n) is 5.24. The van der Waals surface area contributed by atoms with Crippen LogP contribution in [0.25, 0.3) is 0 Å². The topological polar surface area (TPSA) is 49.4 Å². The molecule has 100 valence electrons. The lowest BCUT2D eigenvalue weighted by molar-refractivity contribution is -0.129. The van der Waals surface area contributed by atoms with Crippen LogP contribution in [0.15, 0.2) is 24.3 Å². The fourth-order valence-corrected chi connectivity index (χ4v) is 3.25. The van der Waals surface area contributed by atoms with Gasteiger partial charge < -0.3 is 5.32 Å². The Morgan fingerprint density at radius 1 is 1.32 bits per heavy atom. The van der Waals surface area contributed by atoms with E-state index in [1.165, 1.54) is 4.90 Å². The highest BCUT2D eigenvalue weighted by Crippen LogP contribution is 2.47. The summed E-state index contributed by atoms with van der Waals surface area (Å²) in [5.74, 6) is -0.130. The monoisotopic (exact) mass is 258 g/mol. The van der Waals surface area contributed by atoms with E-state index in [4.69, 9.17) is 0 Å². The first-order valence-corrected chi connectivity index (χ1v) is 6.88. The number of anilines is 1. The third-order valence-corrected chi connectivity index (χ3v) is 4.28. The van der Waals surface area contributed by atoms with Crippen LogP contribution in [-0.4, -0.2) is 24.9 Å². The molecule has 0 aliphatic carbocycles. The summed E-state index contributed by atoms with van der Waals surface area (Å²) >= 11 is 0. The molecule has 4 nitrogen and oxygen atoms in total. The highest BCUT2D eigenvalue weighted by Gasteiger charge is 2.52. The Bertz CT molecular complexity index is 533. The van der Waals surface area contributed by atoms with E-state index in [1.54, 1.807) is 6.92 Å². The highest BCUT2D eigenvalue weighted by atomic mass is 16.2. The molecular weight excluding hydrogens is 240 g/mol. The Hall–Kier alpha value is -1.68. The number of carbonyl (C=O) groups excluding carboxylic acids is 2. The van der Waals surface area contributed by atoms with Crippen molar-refractivity contribution in [2.75, 3.05) is 18.0 Å². The maximum atomic E-state index is 12.8. The predicted octanol–water partition coefficient (Wildman–Crippen LogP) is 1.59. The summed E-state index contributed by atoms with van der Waals surface area (Å²) in [5, 5.41) is 3.29. The lowest BCUT2D eigenvalue weighted by atomic mass is 9.74. The first kappa shape index (κ1) is 12.4. The van der Waals surface area contributed by atoms with E-state index in [0.29, 0.717) is 6.42 Å². The van der Waals surface area contributed by atoms with Gasteiger partial charge in [-0.3, -0.25) is 9.59 Å². The van der Waals surface area contributed by atoms with Gasteiger partial charge in [-0.05, 0) is 37.6 Å². The van der Waals surface area contributed by atoms with Crippen LogP contribution >= 0.6 is 0 Å². The standard InChI is InChI=1S/C15H18N2O2/c1-2-13(18)17-12-6-4-3-5-11(12)15(14(17)19)7-9-16-10-8-15/h3-6,16H,2,7-10H2,1H3. The Morgan fingerprint density at radius 3 is 2.68 bits per heavy atom. The zero-order valence-electron chi connectivity index (χ0n) is 11.1. The van der Waals surface area contributed by atoms with Crippen LogP contribution in [0.3, 0.4) is 0 Å². The van der Waals surface area contributed by atoms with Gasteiger partial charge in [0.25, 0.3) is 0 Å². The number of rotatable bonds is 1. The van der Waals surface area contributed by atoms with Crippen LogP contribution < -0.4 is 10.2 Å². The summed E-state index contributed by atoms with van der Waals surface area (Å²) in [6.45, 7) is 3.45. The van der Waals surface area contributed by atoms with Crippen molar-refractivity contribution in [1.82, 2.24) is 5.32 Å². The second-order valence-corrected chi connectivity index (χ2v) is 5.24. The smallest absolute Gasteiger partial charge is 0.244 e. The van der Waals surface area contributed by atoms with Gasteiger partial charge in [-0.15, -0.1) is 0 Å². The van der Waals surface area contributed by atoms with Crippen LogP contribution in [0.5, 0.6) is 0 Å². The quantitative estimate of drug-likeness (QED) is 0.832. The van der Waals surface area contributed by atoms with Crippen molar-refractivity contribution in [1.29, 1.82) is 0 Å². The van der Waals surface area contributed by atoms with Crippen molar-refractivity contribution in [3.8, 4) is 0 Å². The Labute approximate surface area is 112 Å². The van der Waals surface area contributed by atoms with E-state index in [1.807, 2.05) is 24.3 Å². The molecular formula is C15H18N2O2. The maximum absolute atomic E-state index is 12.8. The van der Waals surface area contributed by atoms with E-state index >= 15 is 0 Å². The van der Waals surface area contributed by atoms with Gasteiger partial charge >= 0.3 is 0 Å². The molecule has 1 aromatic rings. The number of benzene rings is 1. The van der Waals surface area contributed by atoms with Crippen molar-refractivity contribution in [3.63, 3.8) is 0 Å². The first-order chi connectivity index (χ1) is 9.20. The van der Waals surface area contributed by atoms with E-state index < -0.39 is 5.41 Å². The summed E-state index contributed by atoms with van der Waals surface area (Å²) in [6, 6.07) is 7.73. The molecule has 19 heavy (non-hydrogen) atoms. The van der Waals surface area contributed by atoms with E-state index in [9.17, 15) is 9.59 Å². The van der Waals surface area contributed by atoms with Crippen LogP contribution in [0, 0.1) is 0 Å². The molecule has 2 aliphatic rings. The lowest BCUT2D eigenvalue weighted by Gasteiger charge is -2.32. The number of nitrogens with one attached hydrogen (secondary N) is 1. The Kier molecular flexibility index (Phi) is 2.90. The van der Waals surface area contributed by atoms with E-state index in [2.05, 4.69) is 5.32 Å². The van der Waals surface area contributed by atoms with Gasteiger partial charge in [0.1, 0.15) is 0 Å². The number of fused-ring (bicyclic) bond motifs is 2. The number of para-hydroxylation sites is 1. The molecule has 2 amide bonds. The van der Waals surface area contributed by atoms with Crippen molar-refractivity contribution in [2.45, 2.75) is 31.6 Å². The minimum Gasteiger partial charge on any atom is -0.317 e. The maximum Gasteiger partial charge on any atom is 0.244 e. The molecule has 4 heteroatoms. The third-order valence-electron chi connectivity index (χ3n) is 4.28. The number of hydrogen-bond donors (Lipinski definition) is 1. The Balaban J connectivity index is 2.14. The van der Waals surface area contributed by atoms with Gasteiger partial charge in [-0.25, -0.2) is 4.90 Å². The third kappa shape index (κ3) is 1.63. The minimum absolute atomic E-state index is 0.0259. The summed E-state index contributed by atoms with van der Waals surface area (Å²) in [6.07, 6.45) is 1.90. The average Bonchev–Trinajstić information content (AvgIpc) is 2.70. The minimum atomic E-state index is -0.479. The largest absolute Gasteiger partial charge is 0.317 e. The summed E-state index contributed by atoms with van der Waals surface area (Å²) in [7, 11) is 0. The number of nitrogens with zero attached hydrogens (tertiary/aromatic N) is 1. The molecule has 2 aliphatic heterocycles. The van der Waals surface area contributed by atoms with Gasteiger partial charge in [0.05, 0.1) is 11.1 Å². The first-order valence-electron chi connectivity index (χ1n) is 6.88. The zero-order chi connectivity index (χ0) is 13.5. The van der Waals surface area contributed by atoms with E-state index in [-0.39, 0.29) is 11.8 Å². The molecule has 0 aromatic heterocycles. The van der Waals surface area contributed by atoms with Crippen molar-refractivity contribution in [2.24, 2.45) is 0 Å². The molecule has 2 heterocycles. The molecule has 0 atom stereocenters. The number of imide groups is 1. The van der Waals surface area contributed by atoms with Crippen molar-refractivity contribution >= 4 is 17.5 Å². The molecule has 0 radical (unpaired) electrons. The molecule has 1 N–H and O–H groups in total. The van der Waals surface area contributed by atoms with Crippen molar-refractivity contribution in [3.05, 3.63) is 29.8 Å². The molecule has 0 unspecified atom stereocenters. The normalized spacial score (nSPS) is 20.7. The number of amides is 2. The van der Waals surface area contributed by atoms with Gasteiger partial charge in [0.2, 0.25) is 11.8 Å². The van der Waals surface area contributed by atoms with Crippen LogP contribution in [0.1, 0.15) is 31.7 Å². The van der Waals surface area contributed by atoms with Gasteiger partial charge in [-0.1, -0.05) is 25.1 Å². The zero-order valence-corrected chi connectivity index (χ0v) is 11.1.